The molecule has 0 saturated carbocycles. The van der Waals surface area contributed by atoms with Gasteiger partial charge in [0.25, 0.3) is 5.91 Å². The molecule has 2 aromatic heterocycles. The third-order valence-corrected chi connectivity index (χ3v) is 3.68. The average Bonchev–Trinajstić information content (AvgIpc) is 3.00. The fraction of sp³-hybridized carbons (Fsp3) is 0. The molecule has 23 heavy (non-hydrogen) atoms. The molecule has 4 rings (SSSR count). The Hall–Kier alpha value is -3.62. The third-order valence-electron chi connectivity index (χ3n) is 3.68. The van der Waals surface area contributed by atoms with Gasteiger partial charge in [0.2, 0.25) is 5.88 Å². The van der Waals surface area contributed by atoms with Gasteiger partial charge in [0.05, 0.1) is 22.0 Å². The molecule has 0 radical (unpaired) electrons. The van der Waals surface area contributed by atoms with Gasteiger partial charge in [-0.2, -0.15) is 0 Å². The summed E-state index contributed by atoms with van der Waals surface area (Å²) < 4.78 is 1.15. The standard InChI is InChI=1S/C14H9N5O4/c15-11-10-7(12(21)16-14(10)23)4-9(20)19(11)5-1-2-6-8(3-5)17-18-13(6)22/h1-4,15-16,20-21,23H. The van der Waals surface area contributed by atoms with Gasteiger partial charge in [-0.25, -0.2) is 0 Å². The smallest absolute Gasteiger partial charge is 0.297 e. The molecule has 1 aromatic carbocycles. The maximum absolute atomic E-state index is 11.5. The number of nitrogens with zero attached hydrogens (tertiary/aromatic N) is 3. The van der Waals surface area contributed by atoms with Crippen molar-refractivity contribution in [3.8, 4) is 23.3 Å². The number of azo groups is 1. The number of pyridine rings is 1. The second-order valence-corrected chi connectivity index (χ2v) is 5.00. The van der Waals surface area contributed by atoms with Crippen LogP contribution < -0.4 is 5.49 Å². The molecule has 1 aliphatic rings. The van der Waals surface area contributed by atoms with E-state index < -0.39 is 5.91 Å². The van der Waals surface area contributed by atoms with Gasteiger partial charge < -0.3 is 15.3 Å². The summed E-state index contributed by atoms with van der Waals surface area (Å²) in [6.07, 6.45) is 0. The molecular formula is C14H9N5O4. The summed E-state index contributed by atoms with van der Waals surface area (Å²) in [5.41, 5.74) is 0.792. The number of aromatic amines is 1. The van der Waals surface area contributed by atoms with Crippen LogP contribution in [-0.4, -0.2) is 30.8 Å². The SMILES string of the molecule is N=c1c2c(O)[nH]c(O)c2cc(O)n1-c1ccc2c(c1)N=NC2=O. The van der Waals surface area contributed by atoms with Crippen molar-refractivity contribution in [3.63, 3.8) is 0 Å². The number of H-pyrrole nitrogens is 1. The molecule has 9 nitrogen and oxygen atoms in total. The van der Waals surface area contributed by atoms with E-state index in [2.05, 4.69) is 15.2 Å². The van der Waals surface area contributed by atoms with E-state index in [9.17, 15) is 20.1 Å². The van der Waals surface area contributed by atoms with Crippen LogP contribution in [-0.2, 0) is 0 Å². The van der Waals surface area contributed by atoms with Crippen LogP contribution in [0, 0.1) is 5.41 Å². The second-order valence-electron chi connectivity index (χ2n) is 5.00. The first-order valence-corrected chi connectivity index (χ1v) is 6.51. The van der Waals surface area contributed by atoms with Crippen LogP contribution in [0.15, 0.2) is 34.5 Å². The molecular weight excluding hydrogens is 302 g/mol. The van der Waals surface area contributed by atoms with Crippen molar-refractivity contribution in [3.05, 3.63) is 35.3 Å². The molecule has 0 saturated heterocycles. The number of fused-ring (bicyclic) bond motifs is 2. The van der Waals surface area contributed by atoms with Crippen molar-refractivity contribution in [2.45, 2.75) is 0 Å². The van der Waals surface area contributed by atoms with Crippen molar-refractivity contribution >= 4 is 22.4 Å². The lowest BCUT2D eigenvalue weighted by atomic mass is 10.1. The Morgan fingerprint density at radius 3 is 2.65 bits per heavy atom. The van der Waals surface area contributed by atoms with Crippen LogP contribution in [0.2, 0.25) is 0 Å². The zero-order valence-corrected chi connectivity index (χ0v) is 11.4. The van der Waals surface area contributed by atoms with Crippen LogP contribution in [0.3, 0.4) is 0 Å². The monoisotopic (exact) mass is 311 g/mol. The minimum atomic E-state index is -0.449. The zero-order chi connectivity index (χ0) is 16.3. The number of amides is 1. The Labute approximate surface area is 127 Å². The highest BCUT2D eigenvalue weighted by atomic mass is 16.3. The average molecular weight is 311 g/mol. The summed E-state index contributed by atoms with van der Waals surface area (Å²) in [6, 6.07) is 5.74. The zero-order valence-electron chi connectivity index (χ0n) is 11.4. The molecule has 0 aliphatic carbocycles. The van der Waals surface area contributed by atoms with Gasteiger partial charge in [-0.1, -0.05) is 0 Å². The molecule has 3 aromatic rings. The number of benzene rings is 1. The summed E-state index contributed by atoms with van der Waals surface area (Å²) >= 11 is 0. The predicted octanol–water partition coefficient (Wildman–Crippen LogP) is 1.79. The number of rotatable bonds is 1. The molecule has 9 heteroatoms. The first-order valence-electron chi connectivity index (χ1n) is 6.51. The molecule has 0 fully saturated rings. The Bertz CT molecular complexity index is 1090. The normalized spacial score (nSPS) is 13.0. The quantitative estimate of drug-likeness (QED) is 0.466. The molecule has 3 heterocycles. The number of hydrogen-bond donors (Lipinski definition) is 5. The number of nitrogens with one attached hydrogen (secondary N) is 2. The van der Waals surface area contributed by atoms with Crippen LogP contribution in [0.1, 0.15) is 10.4 Å². The van der Waals surface area contributed by atoms with Gasteiger partial charge >= 0.3 is 0 Å². The first kappa shape index (κ1) is 13.1. The number of carbonyl (C=O) groups is 1. The van der Waals surface area contributed by atoms with E-state index in [0.29, 0.717) is 16.9 Å². The van der Waals surface area contributed by atoms with Gasteiger partial charge in [-0.3, -0.25) is 19.8 Å². The number of carbonyl (C=O) groups excluding carboxylic acids is 1. The molecule has 0 atom stereocenters. The molecule has 5 N–H and O–H groups in total. The molecule has 0 unspecified atom stereocenters. The fourth-order valence-electron chi connectivity index (χ4n) is 2.63. The highest BCUT2D eigenvalue weighted by Crippen LogP contribution is 2.34. The minimum Gasteiger partial charge on any atom is -0.494 e. The Morgan fingerprint density at radius 2 is 1.87 bits per heavy atom. The van der Waals surface area contributed by atoms with Gasteiger partial charge in [-0.05, 0) is 18.2 Å². The van der Waals surface area contributed by atoms with Crippen LogP contribution in [0.5, 0.6) is 17.6 Å². The summed E-state index contributed by atoms with van der Waals surface area (Å²) in [5, 5.41) is 45.2. The topological polar surface area (TPSA) is 147 Å². The van der Waals surface area contributed by atoms with E-state index in [1.165, 1.54) is 24.3 Å². The van der Waals surface area contributed by atoms with Crippen molar-refractivity contribution in [2.24, 2.45) is 10.2 Å². The van der Waals surface area contributed by atoms with Crippen molar-refractivity contribution in [1.82, 2.24) is 9.55 Å². The molecule has 114 valence electrons. The van der Waals surface area contributed by atoms with Gasteiger partial charge in [-0.15, -0.1) is 10.2 Å². The first-order chi connectivity index (χ1) is 11.0. The van der Waals surface area contributed by atoms with E-state index in [1.807, 2.05) is 0 Å². The Kier molecular flexibility index (Phi) is 2.38. The Balaban J connectivity index is 2.03. The summed E-state index contributed by atoms with van der Waals surface area (Å²) in [5.74, 6) is -1.50. The van der Waals surface area contributed by atoms with Gasteiger partial charge in [0.1, 0.15) is 11.2 Å². The predicted molar refractivity (Wildman–Crippen MR) is 77.3 cm³/mol. The van der Waals surface area contributed by atoms with E-state index in [-0.39, 0.29) is 33.9 Å². The number of hydrogen-bond acceptors (Lipinski definition) is 6. The summed E-state index contributed by atoms with van der Waals surface area (Å²) in [6.45, 7) is 0. The van der Waals surface area contributed by atoms with Gasteiger partial charge in [0.15, 0.2) is 11.8 Å². The van der Waals surface area contributed by atoms with Gasteiger partial charge in [0, 0.05) is 6.07 Å². The fourth-order valence-corrected chi connectivity index (χ4v) is 2.63. The summed E-state index contributed by atoms with van der Waals surface area (Å²) in [7, 11) is 0. The number of aromatic nitrogens is 2. The van der Waals surface area contributed by atoms with E-state index in [1.54, 1.807) is 0 Å². The molecule has 1 amide bonds. The highest BCUT2D eigenvalue weighted by molar-refractivity contribution is 6.02. The molecule has 1 aliphatic heterocycles. The van der Waals surface area contributed by atoms with E-state index in [0.717, 1.165) is 4.57 Å². The molecule has 0 bridgehead atoms. The van der Waals surface area contributed by atoms with Crippen LogP contribution in [0.4, 0.5) is 5.69 Å². The van der Waals surface area contributed by atoms with Crippen molar-refractivity contribution in [2.75, 3.05) is 0 Å². The van der Waals surface area contributed by atoms with Crippen LogP contribution >= 0.6 is 0 Å². The maximum Gasteiger partial charge on any atom is 0.297 e. The highest BCUT2D eigenvalue weighted by Gasteiger charge is 2.20. The number of aromatic hydroxyl groups is 3. The summed E-state index contributed by atoms with van der Waals surface area (Å²) in [4.78, 5) is 13.7. The van der Waals surface area contributed by atoms with E-state index >= 15 is 0 Å². The van der Waals surface area contributed by atoms with Crippen LogP contribution in [0.25, 0.3) is 16.5 Å². The van der Waals surface area contributed by atoms with Crippen molar-refractivity contribution in [1.29, 1.82) is 5.41 Å². The second kappa shape index (κ2) is 4.19. The third kappa shape index (κ3) is 1.67. The van der Waals surface area contributed by atoms with Crippen molar-refractivity contribution < 1.29 is 20.1 Å². The lowest BCUT2D eigenvalue weighted by molar-refractivity contribution is 0.100. The Morgan fingerprint density at radius 1 is 1.09 bits per heavy atom. The largest absolute Gasteiger partial charge is 0.494 e. The lowest BCUT2D eigenvalue weighted by Crippen LogP contribution is -2.18. The lowest BCUT2D eigenvalue weighted by Gasteiger charge is -2.11. The minimum absolute atomic E-state index is 0.0542. The maximum atomic E-state index is 11.5. The molecule has 0 spiro atoms. The van der Waals surface area contributed by atoms with E-state index in [4.69, 9.17) is 5.41 Å².